The molecule has 1 fully saturated rings. The van der Waals surface area contributed by atoms with Crippen molar-refractivity contribution in [3.05, 3.63) is 35.4 Å². The van der Waals surface area contributed by atoms with Gasteiger partial charge in [0.05, 0.1) is 6.04 Å². The molecule has 0 aromatic heterocycles. The van der Waals surface area contributed by atoms with Gasteiger partial charge in [-0.05, 0) is 37.1 Å². The number of carbonyl (C=O) groups is 2. The summed E-state index contributed by atoms with van der Waals surface area (Å²) in [6, 6.07) is 7.30. The molecule has 1 atom stereocenters. The predicted molar refractivity (Wildman–Crippen MR) is 81.9 cm³/mol. The zero-order valence-corrected chi connectivity index (χ0v) is 12.7. The summed E-state index contributed by atoms with van der Waals surface area (Å²) >= 11 is 0. The molecule has 0 spiro atoms. The van der Waals surface area contributed by atoms with E-state index in [1.54, 1.807) is 24.1 Å². The molecule has 5 heteroatoms. The molecule has 21 heavy (non-hydrogen) atoms. The van der Waals surface area contributed by atoms with Gasteiger partial charge in [-0.2, -0.15) is 0 Å². The summed E-state index contributed by atoms with van der Waals surface area (Å²) in [5, 5.41) is 5.86. The summed E-state index contributed by atoms with van der Waals surface area (Å²) in [6.07, 6.45) is 3.17. The lowest BCUT2D eigenvalue weighted by Gasteiger charge is -2.27. The van der Waals surface area contributed by atoms with Gasteiger partial charge in [-0.3, -0.25) is 9.59 Å². The Balaban J connectivity index is 1.93. The third-order valence-electron chi connectivity index (χ3n) is 3.85. The Kier molecular flexibility index (Phi) is 5.33. The summed E-state index contributed by atoms with van der Waals surface area (Å²) in [4.78, 5) is 25.5. The Hall–Kier alpha value is -1.88. The van der Waals surface area contributed by atoms with Crippen LogP contribution in [-0.2, 0) is 11.3 Å². The number of nitrogens with zero attached hydrogens (tertiary/aromatic N) is 1. The van der Waals surface area contributed by atoms with Crippen molar-refractivity contribution in [1.29, 1.82) is 0 Å². The summed E-state index contributed by atoms with van der Waals surface area (Å²) in [5.41, 5.74) is 1.65. The monoisotopic (exact) mass is 289 g/mol. The first-order valence-corrected chi connectivity index (χ1v) is 7.41. The van der Waals surface area contributed by atoms with Crippen molar-refractivity contribution in [2.45, 2.75) is 31.8 Å². The molecule has 0 saturated carbocycles. The van der Waals surface area contributed by atoms with Crippen molar-refractivity contribution >= 4 is 11.8 Å². The van der Waals surface area contributed by atoms with E-state index in [0.29, 0.717) is 12.1 Å². The first-order chi connectivity index (χ1) is 10.1. The van der Waals surface area contributed by atoms with Gasteiger partial charge in [0.15, 0.2) is 0 Å². The summed E-state index contributed by atoms with van der Waals surface area (Å²) in [5.74, 6) is 0.0439. The average molecular weight is 289 g/mol. The lowest BCUT2D eigenvalue weighted by Crippen LogP contribution is -2.46. The van der Waals surface area contributed by atoms with E-state index < -0.39 is 0 Å². The predicted octanol–water partition coefficient (Wildman–Crippen LogP) is 1.15. The van der Waals surface area contributed by atoms with Crippen molar-refractivity contribution in [1.82, 2.24) is 15.5 Å². The zero-order valence-electron chi connectivity index (χ0n) is 12.7. The fraction of sp³-hybridized carbons (Fsp3) is 0.500. The maximum atomic E-state index is 12.3. The van der Waals surface area contributed by atoms with Crippen LogP contribution < -0.4 is 10.6 Å². The first kappa shape index (κ1) is 15.5. The number of amides is 2. The normalized spacial score (nSPS) is 18.1. The van der Waals surface area contributed by atoms with Gasteiger partial charge in [0.25, 0.3) is 5.91 Å². The molecule has 2 N–H and O–H groups in total. The quantitative estimate of drug-likeness (QED) is 0.874. The average Bonchev–Trinajstić information content (AvgIpc) is 2.55. The lowest BCUT2D eigenvalue weighted by atomic mass is 10.0. The van der Waals surface area contributed by atoms with Gasteiger partial charge in [0.2, 0.25) is 5.91 Å². The second kappa shape index (κ2) is 7.22. The number of carbonyl (C=O) groups excluding carboxylic acids is 2. The van der Waals surface area contributed by atoms with Crippen molar-refractivity contribution < 1.29 is 9.59 Å². The Bertz CT molecular complexity index is 493. The first-order valence-electron chi connectivity index (χ1n) is 7.41. The number of rotatable bonds is 4. The van der Waals surface area contributed by atoms with Gasteiger partial charge < -0.3 is 15.5 Å². The minimum atomic E-state index is -0.0996. The molecule has 1 aliphatic rings. The fourth-order valence-corrected chi connectivity index (χ4v) is 2.59. The topological polar surface area (TPSA) is 61.4 Å². The highest BCUT2D eigenvalue weighted by atomic mass is 16.2. The van der Waals surface area contributed by atoms with Gasteiger partial charge in [-0.1, -0.05) is 18.6 Å². The molecule has 1 aromatic carbocycles. The van der Waals surface area contributed by atoms with Crippen LogP contribution in [0.5, 0.6) is 0 Å². The van der Waals surface area contributed by atoms with E-state index in [-0.39, 0.29) is 17.9 Å². The second-order valence-corrected chi connectivity index (χ2v) is 5.47. The van der Waals surface area contributed by atoms with Crippen LogP contribution >= 0.6 is 0 Å². The van der Waals surface area contributed by atoms with E-state index in [1.165, 1.54) is 0 Å². The van der Waals surface area contributed by atoms with Crippen LogP contribution in [-0.4, -0.2) is 43.4 Å². The number of piperidine rings is 1. The van der Waals surface area contributed by atoms with Crippen LogP contribution in [0.2, 0.25) is 0 Å². The number of hydrogen-bond donors (Lipinski definition) is 2. The van der Waals surface area contributed by atoms with Crippen LogP contribution in [0.15, 0.2) is 24.3 Å². The van der Waals surface area contributed by atoms with Crippen molar-refractivity contribution in [3.8, 4) is 0 Å². The molecule has 1 aliphatic heterocycles. The van der Waals surface area contributed by atoms with E-state index >= 15 is 0 Å². The van der Waals surface area contributed by atoms with Crippen LogP contribution in [0.3, 0.4) is 0 Å². The highest BCUT2D eigenvalue weighted by Crippen LogP contribution is 2.12. The van der Waals surface area contributed by atoms with E-state index in [4.69, 9.17) is 0 Å². The van der Waals surface area contributed by atoms with E-state index in [1.807, 2.05) is 19.2 Å². The summed E-state index contributed by atoms with van der Waals surface area (Å²) in [6.45, 7) is 1.48. The number of nitrogens with one attached hydrogen (secondary N) is 2. The standard InChI is InChI=1S/C16H23N3O2/c1-17-15(20)13-8-6-12(7-9-13)11-19(2)16(21)14-5-3-4-10-18-14/h6-9,14,18H,3-5,10-11H2,1-2H3,(H,17,20)/t14-/m1/s1. The molecule has 1 saturated heterocycles. The minimum absolute atomic E-state index is 0.0473. The largest absolute Gasteiger partial charge is 0.355 e. The van der Waals surface area contributed by atoms with Gasteiger partial charge in [0, 0.05) is 26.2 Å². The van der Waals surface area contributed by atoms with Crippen LogP contribution in [0.25, 0.3) is 0 Å². The van der Waals surface area contributed by atoms with Crippen LogP contribution in [0, 0.1) is 0 Å². The molecule has 2 rings (SSSR count). The molecular formula is C16H23N3O2. The van der Waals surface area contributed by atoms with Crippen molar-refractivity contribution in [3.63, 3.8) is 0 Å². The molecule has 0 bridgehead atoms. The van der Waals surface area contributed by atoms with Crippen molar-refractivity contribution in [2.75, 3.05) is 20.6 Å². The Morgan fingerprint density at radius 3 is 2.57 bits per heavy atom. The molecule has 1 heterocycles. The van der Waals surface area contributed by atoms with E-state index in [0.717, 1.165) is 31.4 Å². The number of benzene rings is 1. The molecule has 5 nitrogen and oxygen atoms in total. The summed E-state index contributed by atoms with van der Waals surface area (Å²) < 4.78 is 0. The molecule has 1 aromatic rings. The third kappa shape index (κ3) is 4.04. The highest BCUT2D eigenvalue weighted by molar-refractivity contribution is 5.93. The molecule has 0 radical (unpaired) electrons. The minimum Gasteiger partial charge on any atom is -0.355 e. The molecular weight excluding hydrogens is 266 g/mol. The lowest BCUT2D eigenvalue weighted by molar-refractivity contribution is -0.133. The summed E-state index contributed by atoms with van der Waals surface area (Å²) in [7, 11) is 3.44. The third-order valence-corrected chi connectivity index (χ3v) is 3.85. The van der Waals surface area contributed by atoms with Crippen LogP contribution in [0.1, 0.15) is 35.2 Å². The number of likely N-dealkylation sites (N-methyl/N-ethyl adjacent to an activating group) is 1. The SMILES string of the molecule is CNC(=O)c1ccc(CN(C)C(=O)[C@H]2CCCCN2)cc1. The Morgan fingerprint density at radius 1 is 1.29 bits per heavy atom. The molecule has 2 amide bonds. The van der Waals surface area contributed by atoms with E-state index in [9.17, 15) is 9.59 Å². The Morgan fingerprint density at radius 2 is 2.00 bits per heavy atom. The fourth-order valence-electron chi connectivity index (χ4n) is 2.59. The maximum Gasteiger partial charge on any atom is 0.251 e. The molecule has 0 aliphatic carbocycles. The number of hydrogen-bond acceptors (Lipinski definition) is 3. The van der Waals surface area contributed by atoms with Crippen molar-refractivity contribution in [2.24, 2.45) is 0 Å². The van der Waals surface area contributed by atoms with Gasteiger partial charge in [-0.25, -0.2) is 0 Å². The smallest absolute Gasteiger partial charge is 0.251 e. The highest BCUT2D eigenvalue weighted by Gasteiger charge is 2.23. The zero-order chi connectivity index (χ0) is 15.2. The van der Waals surface area contributed by atoms with Gasteiger partial charge in [-0.15, -0.1) is 0 Å². The van der Waals surface area contributed by atoms with Crippen LogP contribution in [0.4, 0.5) is 0 Å². The Labute approximate surface area is 125 Å². The molecule has 0 unspecified atom stereocenters. The van der Waals surface area contributed by atoms with Gasteiger partial charge in [0.1, 0.15) is 0 Å². The second-order valence-electron chi connectivity index (χ2n) is 5.47. The van der Waals surface area contributed by atoms with E-state index in [2.05, 4.69) is 10.6 Å². The maximum absolute atomic E-state index is 12.3. The molecule has 114 valence electrons. The van der Waals surface area contributed by atoms with Gasteiger partial charge >= 0.3 is 0 Å².